The third kappa shape index (κ3) is 4.40. The zero-order valence-corrected chi connectivity index (χ0v) is 15.2. The van der Waals surface area contributed by atoms with Gasteiger partial charge >= 0.3 is 0 Å². The topological polar surface area (TPSA) is 29.1 Å². The van der Waals surface area contributed by atoms with E-state index in [0.717, 1.165) is 14.5 Å². The quantitative estimate of drug-likeness (QED) is 0.699. The molecule has 0 unspecified atom stereocenters. The molecule has 1 atom stereocenters. The van der Waals surface area contributed by atoms with Crippen LogP contribution in [0.2, 0.25) is 0 Å². The Kier molecular flexibility index (Phi) is 6.15. The number of nitrogens with one attached hydrogen (secondary N) is 1. The molecule has 0 radical (unpaired) electrons. The molecule has 0 saturated heterocycles. The minimum Gasteiger partial charge on any atom is -0.351 e. The van der Waals surface area contributed by atoms with E-state index < -0.39 is 0 Å². The van der Waals surface area contributed by atoms with E-state index in [1.54, 1.807) is 12.1 Å². The molecule has 1 N–H and O–H groups in total. The zero-order chi connectivity index (χ0) is 16.1. The molecule has 0 spiro atoms. The van der Waals surface area contributed by atoms with Crippen LogP contribution in [-0.4, -0.2) is 5.91 Å². The molecular weight excluding hydrogens is 413 g/mol. The monoisotopic (exact) mass is 427 g/mol. The molecule has 5 heteroatoms. The molecular formula is C17H16Br2FNO. The second-order valence-corrected chi connectivity index (χ2v) is 6.80. The highest BCUT2D eigenvalue weighted by molar-refractivity contribution is 9.10. The molecule has 2 nitrogen and oxygen atoms in total. The smallest absolute Gasteiger partial charge is 0.227 e. The molecule has 22 heavy (non-hydrogen) atoms. The molecule has 1 amide bonds. The van der Waals surface area contributed by atoms with Crippen molar-refractivity contribution < 1.29 is 9.18 Å². The number of rotatable bonds is 5. The maximum Gasteiger partial charge on any atom is 0.227 e. The number of carbonyl (C=O) groups is 1. The van der Waals surface area contributed by atoms with Gasteiger partial charge in [-0.1, -0.05) is 50.9 Å². The normalized spacial score (nSPS) is 12.0. The van der Waals surface area contributed by atoms with Gasteiger partial charge in [0.15, 0.2) is 0 Å². The van der Waals surface area contributed by atoms with Crippen molar-refractivity contribution in [1.29, 1.82) is 0 Å². The molecule has 0 heterocycles. The van der Waals surface area contributed by atoms with Gasteiger partial charge in [0.2, 0.25) is 5.91 Å². The van der Waals surface area contributed by atoms with Crippen LogP contribution >= 0.6 is 31.9 Å². The summed E-state index contributed by atoms with van der Waals surface area (Å²) in [6.45, 7) is 2.14. The largest absolute Gasteiger partial charge is 0.351 e. The second-order valence-electron chi connectivity index (χ2n) is 4.97. The fraction of sp³-hybridized carbons (Fsp3) is 0.235. The highest BCUT2D eigenvalue weighted by Gasteiger charge is 2.18. The molecule has 116 valence electrons. The third-order valence-corrected chi connectivity index (χ3v) is 4.48. The number of benzene rings is 2. The second kappa shape index (κ2) is 7.88. The van der Waals surface area contributed by atoms with Crippen LogP contribution in [0.1, 0.15) is 30.4 Å². The van der Waals surface area contributed by atoms with Crippen molar-refractivity contribution in [2.45, 2.75) is 25.8 Å². The summed E-state index contributed by atoms with van der Waals surface area (Å²) in [6, 6.07) is 12.4. The van der Waals surface area contributed by atoms with Gasteiger partial charge in [0.1, 0.15) is 5.82 Å². The lowest BCUT2D eigenvalue weighted by molar-refractivity contribution is -0.122. The summed E-state index contributed by atoms with van der Waals surface area (Å²) in [5.41, 5.74) is 1.42. The first-order chi connectivity index (χ1) is 10.5. The van der Waals surface area contributed by atoms with Crippen LogP contribution in [-0.2, 0) is 11.3 Å². The number of hydrogen-bond acceptors (Lipinski definition) is 1. The van der Waals surface area contributed by atoms with Crippen molar-refractivity contribution in [3.05, 3.63) is 68.4 Å². The molecule has 0 aromatic heterocycles. The van der Waals surface area contributed by atoms with Gasteiger partial charge in [-0.2, -0.15) is 0 Å². The molecule has 0 aliphatic heterocycles. The Morgan fingerprint density at radius 2 is 1.77 bits per heavy atom. The summed E-state index contributed by atoms with van der Waals surface area (Å²) in [7, 11) is 0. The molecule has 2 aromatic carbocycles. The summed E-state index contributed by atoms with van der Waals surface area (Å²) < 4.78 is 15.5. The zero-order valence-electron chi connectivity index (χ0n) is 12.1. The number of carbonyl (C=O) groups excluding carboxylic acids is 1. The fourth-order valence-electron chi connectivity index (χ4n) is 2.25. The molecule has 0 bridgehead atoms. The van der Waals surface area contributed by atoms with Crippen molar-refractivity contribution >= 4 is 37.8 Å². The predicted molar refractivity (Wildman–Crippen MR) is 93.1 cm³/mol. The minimum atomic E-state index is -0.319. The Balaban J connectivity index is 2.06. The summed E-state index contributed by atoms with van der Waals surface area (Å²) in [5.74, 6) is -0.646. The number of amides is 1. The number of hydrogen-bond donors (Lipinski definition) is 1. The summed E-state index contributed by atoms with van der Waals surface area (Å²) in [4.78, 5) is 12.4. The SMILES string of the molecule is CC[C@H](C(=O)NCc1cc(Br)ccc1F)c1ccc(Br)cc1. The lowest BCUT2D eigenvalue weighted by atomic mass is 9.95. The van der Waals surface area contributed by atoms with Crippen LogP contribution in [0.4, 0.5) is 4.39 Å². The molecule has 2 aromatic rings. The van der Waals surface area contributed by atoms with Crippen molar-refractivity contribution in [3.8, 4) is 0 Å². The summed E-state index contributed by atoms with van der Waals surface area (Å²) >= 11 is 6.69. The predicted octanol–water partition coefficient (Wildman–Crippen LogP) is 5.16. The van der Waals surface area contributed by atoms with Crippen molar-refractivity contribution in [3.63, 3.8) is 0 Å². The lowest BCUT2D eigenvalue weighted by Gasteiger charge is -2.16. The lowest BCUT2D eigenvalue weighted by Crippen LogP contribution is -2.29. The van der Waals surface area contributed by atoms with Crippen molar-refractivity contribution in [2.75, 3.05) is 0 Å². The maximum atomic E-state index is 13.7. The van der Waals surface area contributed by atoms with E-state index in [4.69, 9.17) is 0 Å². The first-order valence-corrected chi connectivity index (χ1v) is 8.57. The molecule has 0 fully saturated rings. The van der Waals surface area contributed by atoms with Gasteiger partial charge in [-0.15, -0.1) is 0 Å². The average Bonchev–Trinajstić information content (AvgIpc) is 2.51. The van der Waals surface area contributed by atoms with Gasteiger partial charge in [0.25, 0.3) is 0 Å². The van der Waals surface area contributed by atoms with E-state index in [0.29, 0.717) is 12.0 Å². The number of halogens is 3. The summed E-state index contributed by atoms with van der Waals surface area (Å²) in [6.07, 6.45) is 0.689. The van der Waals surface area contributed by atoms with Crippen molar-refractivity contribution in [2.24, 2.45) is 0 Å². The van der Waals surface area contributed by atoms with Crippen LogP contribution < -0.4 is 5.32 Å². The van der Waals surface area contributed by atoms with Gasteiger partial charge < -0.3 is 5.32 Å². The van der Waals surface area contributed by atoms with E-state index in [2.05, 4.69) is 37.2 Å². The Bertz CT molecular complexity index is 658. The van der Waals surface area contributed by atoms with E-state index in [1.807, 2.05) is 31.2 Å². The highest BCUT2D eigenvalue weighted by atomic mass is 79.9. The average molecular weight is 429 g/mol. The van der Waals surface area contributed by atoms with E-state index in [1.165, 1.54) is 6.07 Å². The van der Waals surface area contributed by atoms with Gasteiger partial charge in [-0.3, -0.25) is 4.79 Å². The van der Waals surface area contributed by atoms with Crippen LogP contribution in [0.5, 0.6) is 0 Å². The Morgan fingerprint density at radius 3 is 2.41 bits per heavy atom. The molecule has 0 aliphatic carbocycles. The first-order valence-electron chi connectivity index (χ1n) is 6.98. The van der Waals surface area contributed by atoms with Crippen LogP contribution in [0, 0.1) is 5.82 Å². The van der Waals surface area contributed by atoms with Crippen LogP contribution in [0.15, 0.2) is 51.4 Å². The minimum absolute atomic E-state index is 0.0933. The van der Waals surface area contributed by atoms with Gasteiger partial charge in [-0.25, -0.2) is 4.39 Å². The standard InChI is InChI=1S/C17H16Br2FNO/c1-2-15(11-3-5-13(18)6-4-11)17(22)21-10-12-9-14(19)7-8-16(12)20/h3-9,15H,2,10H2,1H3,(H,21,22)/t15-/m0/s1. The molecule has 0 saturated carbocycles. The molecule has 2 rings (SSSR count). The van der Waals surface area contributed by atoms with Crippen molar-refractivity contribution in [1.82, 2.24) is 5.32 Å². The van der Waals surface area contributed by atoms with Crippen LogP contribution in [0.3, 0.4) is 0 Å². The van der Waals surface area contributed by atoms with Gasteiger partial charge in [0.05, 0.1) is 5.92 Å². The third-order valence-electron chi connectivity index (χ3n) is 3.46. The fourth-order valence-corrected chi connectivity index (χ4v) is 2.92. The molecule has 0 aliphatic rings. The van der Waals surface area contributed by atoms with E-state index >= 15 is 0 Å². The van der Waals surface area contributed by atoms with E-state index in [-0.39, 0.29) is 24.2 Å². The first kappa shape index (κ1) is 17.2. The van der Waals surface area contributed by atoms with Gasteiger partial charge in [0, 0.05) is 21.1 Å². The van der Waals surface area contributed by atoms with Crippen LogP contribution in [0.25, 0.3) is 0 Å². The Hall–Kier alpha value is -1.20. The maximum absolute atomic E-state index is 13.7. The summed E-state index contributed by atoms with van der Waals surface area (Å²) in [5, 5.41) is 2.82. The van der Waals surface area contributed by atoms with Gasteiger partial charge in [-0.05, 0) is 42.3 Å². The Labute approximate surface area is 146 Å². The Morgan fingerprint density at radius 1 is 1.14 bits per heavy atom. The highest BCUT2D eigenvalue weighted by Crippen LogP contribution is 2.22. The van der Waals surface area contributed by atoms with E-state index in [9.17, 15) is 9.18 Å².